The Morgan fingerprint density at radius 2 is 2.00 bits per heavy atom. The number of carbonyl (C=O) groups is 1. The predicted octanol–water partition coefficient (Wildman–Crippen LogP) is 2.55. The van der Waals surface area contributed by atoms with E-state index >= 15 is 0 Å². The fourth-order valence-electron chi connectivity index (χ4n) is 1.08. The number of nitrogens with zero attached hydrogens (tertiary/aromatic N) is 3. The first kappa shape index (κ1) is 16.7. The van der Waals surface area contributed by atoms with Crippen LogP contribution in [0.4, 0.5) is 4.79 Å². The summed E-state index contributed by atoms with van der Waals surface area (Å²) in [5.41, 5.74) is -0.126. The normalized spacial score (nSPS) is 14.6. The Kier molecular flexibility index (Phi) is 4.99. The van der Waals surface area contributed by atoms with Crippen LogP contribution in [0.2, 0.25) is 0 Å². The van der Waals surface area contributed by atoms with Crippen molar-refractivity contribution in [3.05, 3.63) is 18.0 Å². The Morgan fingerprint density at radius 1 is 1.40 bits per heavy atom. The molecule has 0 saturated heterocycles. The zero-order valence-electron chi connectivity index (χ0n) is 12.7. The maximum absolute atomic E-state index is 11.8. The number of rotatable bonds is 2. The standard InChI is InChI=1S/C13H21N3O3S/c1-12(2,3)19-11(17)16-8-7-10(15-16)9-14-20(18)13(4,5)6/h7-9H,1-6H3/b14-9+/t20-/m0/s1. The summed E-state index contributed by atoms with van der Waals surface area (Å²) in [6, 6.07) is 1.60. The SMILES string of the molecule is CC(C)(C)OC(=O)n1ccc(/C=N/[S@@+]([O-])C(C)(C)C)n1. The quantitative estimate of drug-likeness (QED) is 0.621. The Labute approximate surface area is 122 Å². The monoisotopic (exact) mass is 299 g/mol. The number of hydrogen-bond acceptors (Lipinski definition) is 5. The Balaban J connectivity index is 2.73. The molecule has 6 nitrogen and oxygen atoms in total. The molecule has 0 radical (unpaired) electrons. The Hall–Kier alpha value is -1.34. The zero-order chi connectivity index (χ0) is 15.6. The molecule has 0 spiro atoms. The number of carbonyl (C=O) groups excluding carboxylic acids is 1. The highest BCUT2D eigenvalue weighted by Crippen LogP contribution is 2.16. The minimum Gasteiger partial charge on any atom is -0.591 e. The lowest BCUT2D eigenvalue weighted by molar-refractivity contribution is 0.0514. The highest BCUT2D eigenvalue weighted by atomic mass is 32.2. The lowest BCUT2D eigenvalue weighted by atomic mass is 10.2. The van der Waals surface area contributed by atoms with Crippen molar-refractivity contribution in [2.75, 3.05) is 0 Å². The molecule has 0 aromatic carbocycles. The van der Waals surface area contributed by atoms with Crippen LogP contribution in [0.5, 0.6) is 0 Å². The molecule has 0 amide bonds. The molecule has 0 unspecified atom stereocenters. The number of hydrogen-bond donors (Lipinski definition) is 0. The van der Waals surface area contributed by atoms with Crippen molar-refractivity contribution in [2.24, 2.45) is 4.40 Å². The maximum atomic E-state index is 11.8. The van der Waals surface area contributed by atoms with Crippen molar-refractivity contribution in [3.63, 3.8) is 0 Å². The second-order valence-electron chi connectivity index (χ2n) is 6.26. The van der Waals surface area contributed by atoms with Gasteiger partial charge in [-0.15, -0.1) is 0 Å². The van der Waals surface area contributed by atoms with E-state index in [4.69, 9.17) is 4.74 Å². The van der Waals surface area contributed by atoms with Crippen LogP contribution in [0.3, 0.4) is 0 Å². The van der Waals surface area contributed by atoms with Crippen LogP contribution in [0.25, 0.3) is 0 Å². The Bertz CT molecular complexity index is 498. The molecular formula is C13H21N3O3S. The molecule has 1 rings (SSSR count). The summed E-state index contributed by atoms with van der Waals surface area (Å²) < 4.78 is 21.5. The third-order valence-corrected chi connectivity index (χ3v) is 3.34. The van der Waals surface area contributed by atoms with Gasteiger partial charge in [-0.2, -0.15) is 9.78 Å². The fraction of sp³-hybridized carbons (Fsp3) is 0.615. The van der Waals surface area contributed by atoms with Gasteiger partial charge in [0.2, 0.25) is 0 Å². The van der Waals surface area contributed by atoms with Gasteiger partial charge >= 0.3 is 6.09 Å². The molecule has 0 N–H and O–H groups in total. The first-order valence-electron chi connectivity index (χ1n) is 6.24. The molecule has 0 aliphatic rings. The van der Waals surface area contributed by atoms with Crippen LogP contribution >= 0.6 is 0 Å². The minimum absolute atomic E-state index is 0.426. The van der Waals surface area contributed by atoms with E-state index in [1.165, 1.54) is 12.4 Å². The first-order valence-corrected chi connectivity index (χ1v) is 7.35. The highest BCUT2D eigenvalue weighted by Gasteiger charge is 2.26. The summed E-state index contributed by atoms with van der Waals surface area (Å²) in [4.78, 5) is 11.7. The van der Waals surface area contributed by atoms with Gasteiger partial charge in [0.05, 0.1) is 0 Å². The second-order valence-corrected chi connectivity index (χ2v) is 8.20. The largest absolute Gasteiger partial charge is 0.591 e. The van der Waals surface area contributed by atoms with E-state index in [0.717, 1.165) is 4.68 Å². The summed E-state index contributed by atoms with van der Waals surface area (Å²) in [6.45, 7) is 10.8. The van der Waals surface area contributed by atoms with Crippen LogP contribution in [-0.4, -0.2) is 37.0 Å². The van der Waals surface area contributed by atoms with Gasteiger partial charge in [-0.3, -0.25) is 0 Å². The number of ether oxygens (including phenoxy) is 1. The minimum atomic E-state index is -1.35. The molecule has 0 aliphatic carbocycles. The van der Waals surface area contributed by atoms with Crippen molar-refractivity contribution < 1.29 is 14.1 Å². The molecule has 1 atom stereocenters. The molecule has 1 aromatic heterocycles. The van der Waals surface area contributed by atoms with E-state index in [1.54, 1.807) is 26.8 Å². The zero-order valence-corrected chi connectivity index (χ0v) is 13.5. The van der Waals surface area contributed by atoms with E-state index in [9.17, 15) is 9.35 Å². The predicted molar refractivity (Wildman–Crippen MR) is 79.3 cm³/mol. The molecule has 1 heterocycles. The van der Waals surface area contributed by atoms with Crippen molar-refractivity contribution in [1.29, 1.82) is 0 Å². The van der Waals surface area contributed by atoms with Gasteiger partial charge < -0.3 is 9.29 Å². The molecule has 0 fully saturated rings. The molecule has 0 saturated carbocycles. The third kappa shape index (κ3) is 5.34. The van der Waals surface area contributed by atoms with Gasteiger partial charge in [-0.25, -0.2) is 4.79 Å². The lowest BCUT2D eigenvalue weighted by Crippen LogP contribution is -2.27. The maximum Gasteiger partial charge on any atom is 0.435 e. The van der Waals surface area contributed by atoms with Crippen LogP contribution in [0.15, 0.2) is 16.7 Å². The van der Waals surface area contributed by atoms with E-state index in [0.29, 0.717) is 5.69 Å². The first-order chi connectivity index (χ1) is 8.99. The van der Waals surface area contributed by atoms with Crippen LogP contribution in [-0.2, 0) is 16.1 Å². The molecule has 0 aliphatic heterocycles. The summed E-state index contributed by atoms with van der Waals surface area (Å²) >= 11 is -1.35. The summed E-state index contributed by atoms with van der Waals surface area (Å²) in [6.07, 6.45) is 2.31. The fourth-order valence-corrected chi connectivity index (χ4v) is 1.60. The molecule has 7 heteroatoms. The number of aromatic nitrogens is 2. The van der Waals surface area contributed by atoms with Crippen molar-refractivity contribution in [1.82, 2.24) is 9.78 Å². The lowest BCUT2D eigenvalue weighted by Gasteiger charge is -2.18. The topological polar surface area (TPSA) is 79.5 Å². The third-order valence-electron chi connectivity index (χ3n) is 1.99. The molecule has 1 aromatic rings. The van der Waals surface area contributed by atoms with E-state index in [1.807, 2.05) is 20.8 Å². The van der Waals surface area contributed by atoms with Gasteiger partial charge in [-0.1, -0.05) is 4.40 Å². The molecule has 20 heavy (non-hydrogen) atoms. The van der Waals surface area contributed by atoms with Crippen LogP contribution in [0.1, 0.15) is 47.2 Å². The average molecular weight is 299 g/mol. The van der Waals surface area contributed by atoms with Gasteiger partial charge in [-0.05, 0) is 47.6 Å². The van der Waals surface area contributed by atoms with Crippen molar-refractivity contribution >= 4 is 23.7 Å². The summed E-state index contributed by atoms with van der Waals surface area (Å²) in [5, 5.41) is 4.01. The van der Waals surface area contributed by atoms with E-state index in [2.05, 4.69) is 9.50 Å². The Morgan fingerprint density at radius 3 is 2.50 bits per heavy atom. The highest BCUT2D eigenvalue weighted by molar-refractivity contribution is 7.91. The van der Waals surface area contributed by atoms with E-state index < -0.39 is 27.8 Å². The van der Waals surface area contributed by atoms with Gasteiger partial charge in [0, 0.05) is 6.20 Å². The van der Waals surface area contributed by atoms with Gasteiger partial charge in [0.25, 0.3) is 0 Å². The smallest absolute Gasteiger partial charge is 0.435 e. The van der Waals surface area contributed by atoms with Gasteiger partial charge in [0.1, 0.15) is 33.6 Å². The summed E-state index contributed by atoms with van der Waals surface area (Å²) in [5.74, 6) is 0. The molecule has 112 valence electrons. The van der Waals surface area contributed by atoms with E-state index in [-0.39, 0.29) is 0 Å². The second kappa shape index (κ2) is 5.97. The average Bonchev–Trinajstić information content (AvgIpc) is 2.70. The van der Waals surface area contributed by atoms with Crippen LogP contribution in [0, 0.1) is 0 Å². The van der Waals surface area contributed by atoms with Crippen molar-refractivity contribution in [3.8, 4) is 0 Å². The van der Waals surface area contributed by atoms with Crippen LogP contribution < -0.4 is 0 Å². The van der Waals surface area contributed by atoms with Gasteiger partial charge in [0.15, 0.2) is 0 Å². The molecular weight excluding hydrogens is 278 g/mol. The summed E-state index contributed by atoms with van der Waals surface area (Å²) in [7, 11) is 0. The molecule has 0 bridgehead atoms. The van der Waals surface area contributed by atoms with Crippen molar-refractivity contribution in [2.45, 2.75) is 51.9 Å².